The first-order chi connectivity index (χ1) is 12.3. The molecule has 0 bridgehead atoms. The summed E-state index contributed by atoms with van der Waals surface area (Å²) in [5, 5.41) is 4.53. The van der Waals surface area contributed by atoms with E-state index < -0.39 is 0 Å². The normalized spacial score (nSPS) is 19.5. The number of carbonyl (C=O) groups is 1. The van der Waals surface area contributed by atoms with Crippen molar-refractivity contribution in [3.63, 3.8) is 0 Å². The lowest BCUT2D eigenvalue weighted by Gasteiger charge is -2.35. The van der Waals surface area contributed by atoms with E-state index in [2.05, 4.69) is 37.7 Å². The van der Waals surface area contributed by atoms with Crippen molar-refractivity contribution in [1.29, 1.82) is 0 Å². The van der Waals surface area contributed by atoms with Crippen molar-refractivity contribution >= 4 is 5.91 Å². The minimum absolute atomic E-state index is 0.0182. The number of aromatic nitrogens is 3. The molecule has 2 aliphatic rings. The largest absolute Gasteiger partial charge is 0.345 e. The Labute approximate surface area is 156 Å². The van der Waals surface area contributed by atoms with Crippen LogP contribution in [0.2, 0.25) is 0 Å². The smallest absolute Gasteiger partial charge is 0.337 e. The van der Waals surface area contributed by atoms with Gasteiger partial charge in [-0.2, -0.15) is 5.10 Å². The number of rotatable bonds is 6. The number of piperidine rings is 1. The first kappa shape index (κ1) is 19.1. The monoisotopic (exact) mass is 363 g/mol. The van der Waals surface area contributed by atoms with Gasteiger partial charge < -0.3 is 4.90 Å². The summed E-state index contributed by atoms with van der Waals surface area (Å²) >= 11 is 0. The van der Waals surface area contributed by atoms with Crippen LogP contribution in [0.1, 0.15) is 71.2 Å². The minimum atomic E-state index is 0.0182. The predicted octanol–water partition coefficient (Wildman–Crippen LogP) is 1.74. The molecule has 2 fully saturated rings. The first-order valence-electron chi connectivity index (χ1n) is 9.98. The lowest BCUT2D eigenvalue weighted by atomic mass is 9.95. The zero-order chi connectivity index (χ0) is 19.0. The van der Waals surface area contributed by atoms with Crippen molar-refractivity contribution in [3.8, 4) is 0 Å². The summed E-state index contributed by atoms with van der Waals surface area (Å²) in [6.45, 7) is 10.5. The number of hydrogen-bond donors (Lipinski definition) is 0. The van der Waals surface area contributed by atoms with Gasteiger partial charge in [-0.25, -0.2) is 9.48 Å². The zero-order valence-corrected chi connectivity index (χ0v) is 16.8. The van der Waals surface area contributed by atoms with Crippen LogP contribution in [0.25, 0.3) is 0 Å². The molecule has 1 saturated heterocycles. The van der Waals surface area contributed by atoms with Gasteiger partial charge in [0.15, 0.2) is 0 Å². The van der Waals surface area contributed by atoms with Crippen LogP contribution < -0.4 is 5.69 Å². The minimum Gasteiger partial charge on any atom is -0.337 e. The number of likely N-dealkylation sites (tertiary alicyclic amines) is 1. The topological polar surface area (TPSA) is 63.4 Å². The van der Waals surface area contributed by atoms with Gasteiger partial charge in [-0.3, -0.25) is 14.3 Å². The second-order valence-electron chi connectivity index (χ2n) is 8.40. The summed E-state index contributed by atoms with van der Waals surface area (Å²) in [6, 6.07) is 0.805. The van der Waals surface area contributed by atoms with E-state index in [9.17, 15) is 9.59 Å². The van der Waals surface area contributed by atoms with E-state index >= 15 is 0 Å². The highest BCUT2D eigenvalue weighted by atomic mass is 16.2. The molecule has 0 radical (unpaired) electrons. The molecule has 3 rings (SSSR count). The van der Waals surface area contributed by atoms with Crippen LogP contribution in [0.4, 0.5) is 0 Å². The van der Waals surface area contributed by atoms with E-state index in [-0.39, 0.29) is 23.7 Å². The number of hydrogen-bond acceptors (Lipinski definition) is 4. The summed E-state index contributed by atoms with van der Waals surface area (Å²) in [6.07, 6.45) is 4.10. The molecule has 1 saturated carbocycles. The maximum absolute atomic E-state index is 12.7. The highest BCUT2D eigenvalue weighted by Gasteiger charge is 2.34. The van der Waals surface area contributed by atoms with Crippen molar-refractivity contribution in [2.75, 3.05) is 19.6 Å². The van der Waals surface area contributed by atoms with Crippen LogP contribution in [0.3, 0.4) is 0 Å². The summed E-state index contributed by atoms with van der Waals surface area (Å²) in [5.41, 5.74) is 0.0182. The van der Waals surface area contributed by atoms with E-state index in [1.54, 1.807) is 7.05 Å². The Hall–Kier alpha value is -1.63. The van der Waals surface area contributed by atoms with Gasteiger partial charge in [0.2, 0.25) is 5.91 Å². The molecule has 1 aromatic rings. The second-order valence-corrected chi connectivity index (χ2v) is 8.40. The van der Waals surface area contributed by atoms with Crippen LogP contribution in [0.5, 0.6) is 0 Å². The van der Waals surface area contributed by atoms with Gasteiger partial charge in [0.05, 0.1) is 6.54 Å². The molecule has 7 heteroatoms. The Kier molecular flexibility index (Phi) is 5.55. The number of aryl methyl sites for hydroxylation is 1. The van der Waals surface area contributed by atoms with Crippen molar-refractivity contribution < 1.29 is 4.79 Å². The molecule has 2 heterocycles. The van der Waals surface area contributed by atoms with Gasteiger partial charge in [-0.05, 0) is 66.5 Å². The SMILES string of the molecule is CC(C)N(C(=O)CN1CCC(c2nn(C)c(=O)n2C2CC2)CC1)C(C)C. The Bertz CT molecular complexity index is 685. The Balaban J connectivity index is 1.61. The van der Waals surface area contributed by atoms with Crippen LogP contribution in [-0.2, 0) is 11.8 Å². The fraction of sp³-hybridized carbons (Fsp3) is 0.842. The van der Waals surface area contributed by atoms with E-state index in [0.29, 0.717) is 18.5 Å². The Morgan fingerprint density at radius 2 is 1.69 bits per heavy atom. The molecule has 0 atom stereocenters. The van der Waals surface area contributed by atoms with Gasteiger partial charge in [0.1, 0.15) is 5.82 Å². The van der Waals surface area contributed by atoms with Gasteiger partial charge in [-0.1, -0.05) is 0 Å². The molecule has 7 nitrogen and oxygen atoms in total. The van der Waals surface area contributed by atoms with E-state index in [0.717, 1.165) is 44.6 Å². The molecule has 1 aliphatic heterocycles. The summed E-state index contributed by atoms with van der Waals surface area (Å²) < 4.78 is 3.40. The molecule has 1 amide bonds. The Morgan fingerprint density at radius 3 is 2.19 bits per heavy atom. The molecule has 0 spiro atoms. The van der Waals surface area contributed by atoms with E-state index in [4.69, 9.17) is 0 Å². The molecule has 1 aromatic heterocycles. The molecule has 1 aliphatic carbocycles. The fourth-order valence-electron chi connectivity index (χ4n) is 4.25. The summed E-state index contributed by atoms with van der Waals surface area (Å²) in [4.78, 5) is 29.2. The van der Waals surface area contributed by atoms with Gasteiger partial charge in [0, 0.05) is 31.1 Å². The van der Waals surface area contributed by atoms with Crippen LogP contribution >= 0.6 is 0 Å². The summed E-state index contributed by atoms with van der Waals surface area (Å²) in [5.74, 6) is 1.49. The van der Waals surface area contributed by atoms with Crippen molar-refractivity contribution in [2.45, 2.75) is 77.4 Å². The highest BCUT2D eigenvalue weighted by Crippen LogP contribution is 2.37. The maximum atomic E-state index is 12.7. The van der Waals surface area contributed by atoms with Crippen molar-refractivity contribution in [1.82, 2.24) is 24.1 Å². The number of nitrogens with zero attached hydrogens (tertiary/aromatic N) is 5. The quantitative estimate of drug-likeness (QED) is 0.772. The first-order valence-corrected chi connectivity index (χ1v) is 9.98. The van der Waals surface area contributed by atoms with E-state index in [1.165, 1.54) is 4.68 Å². The lowest BCUT2D eigenvalue weighted by molar-refractivity contribution is -0.136. The van der Waals surface area contributed by atoms with E-state index in [1.807, 2.05) is 9.47 Å². The number of carbonyl (C=O) groups excluding carboxylic acids is 1. The third-order valence-corrected chi connectivity index (χ3v) is 5.61. The third-order valence-electron chi connectivity index (χ3n) is 5.61. The third kappa shape index (κ3) is 3.87. The predicted molar refractivity (Wildman–Crippen MR) is 101 cm³/mol. The maximum Gasteiger partial charge on any atom is 0.345 e. The van der Waals surface area contributed by atoms with Crippen molar-refractivity contribution in [2.24, 2.45) is 7.05 Å². The molecular formula is C19H33N5O2. The Morgan fingerprint density at radius 1 is 1.12 bits per heavy atom. The van der Waals surface area contributed by atoms with Crippen molar-refractivity contribution in [3.05, 3.63) is 16.3 Å². The van der Waals surface area contributed by atoms with Gasteiger partial charge >= 0.3 is 5.69 Å². The lowest BCUT2D eigenvalue weighted by Crippen LogP contribution is -2.48. The molecule has 0 aromatic carbocycles. The molecule has 26 heavy (non-hydrogen) atoms. The second kappa shape index (κ2) is 7.55. The molecule has 146 valence electrons. The highest BCUT2D eigenvalue weighted by molar-refractivity contribution is 5.78. The fourth-order valence-corrected chi connectivity index (χ4v) is 4.25. The van der Waals surface area contributed by atoms with Crippen LogP contribution in [0, 0.1) is 0 Å². The average Bonchev–Trinajstić information content (AvgIpc) is 3.34. The summed E-state index contributed by atoms with van der Waals surface area (Å²) in [7, 11) is 1.74. The standard InChI is InChI=1S/C19H33N5O2/c1-13(2)23(14(3)4)17(25)12-22-10-8-15(9-11-22)18-20-21(5)19(26)24(18)16-6-7-16/h13-16H,6-12H2,1-5H3. The van der Waals surface area contributed by atoms with Crippen LogP contribution in [0.15, 0.2) is 4.79 Å². The molecule has 0 N–H and O–H groups in total. The van der Waals surface area contributed by atoms with Gasteiger partial charge in [0.25, 0.3) is 0 Å². The molecule has 0 unspecified atom stereocenters. The number of amides is 1. The van der Waals surface area contributed by atoms with Crippen LogP contribution in [-0.4, -0.2) is 61.8 Å². The zero-order valence-electron chi connectivity index (χ0n) is 16.8. The molecular weight excluding hydrogens is 330 g/mol. The average molecular weight is 364 g/mol. The van der Waals surface area contributed by atoms with Gasteiger partial charge in [-0.15, -0.1) is 0 Å².